The first-order chi connectivity index (χ1) is 9.79. The molecule has 0 unspecified atom stereocenters. The minimum Gasteiger partial charge on any atom is -0.436 e. The highest BCUT2D eigenvalue weighted by atomic mass is 79.9. The van der Waals surface area contributed by atoms with E-state index in [1.54, 1.807) is 0 Å². The van der Waals surface area contributed by atoms with E-state index in [9.17, 15) is 4.79 Å². The fourth-order valence-corrected chi connectivity index (χ4v) is 2.23. The number of carbonyl (C=O) groups is 1. The van der Waals surface area contributed by atoms with Gasteiger partial charge in [-0.2, -0.15) is 0 Å². The minimum atomic E-state index is 0.447. The number of aryl methyl sites for hydroxylation is 1. The highest BCUT2D eigenvalue weighted by Gasteiger charge is 2.03. The van der Waals surface area contributed by atoms with Gasteiger partial charge in [-0.3, -0.25) is 4.79 Å². The van der Waals surface area contributed by atoms with Crippen LogP contribution in [0.3, 0.4) is 0 Å². The van der Waals surface area contributed by atoms with E-state index in [1.807, 2.05) is 42.5 Å². The molecule has 0 heterocycles. The van der Waals surface area contributed by atoms with Gasteiger partial charge in [0, 0.05) is 4.47 Å². The monoisotopic (exact) mass is 330 g/mol. The van der Waals surface area contributed by atoms with Gasteiger partial charge in [0.05, 0.1) is 6.26 Å². The number of hydrogen-bond acceptors (Lipinski definition) is 2. The van der Waals surface area contributed by atoms with E-state index in [1.165, 1.54) is 11.8 Å². The number of ether oxygens (including phenoxy) is 1. The summed E-state index contributed by atoms with van der Waals surface area (Å²) in [6.07, 6.45) is 3.25. The van der Waals surface area contributed by atoms with Crippen molar-refractivity contribution in [3.05, 3.63) is 76.5 Å². The highest BCUT2D eigenvalue weighted by Crippen LogP contribution is 2.21. The summed E-state index contributed by atoms with van der Waals surface area (Å²) < 4.78 is 5.88. The molecule has 102 valence electrons. The van der Waals surface area contributed by atoms with Gasteiger partial charge in [-0.1, -0.05) is 58.4 Å². The molecule has 0 spiro atoms. The Morgan fingerprint density at radius 2 is 1.75 bits per heavy atom. The van der Waals surface area contributed by atoms with Gasteiger partial charge in [-0.05, 0) is 41.7 Å². The molecule has 0 saturated heterocycles. The van der Waals surface area contributed by atoms with E-state index < -0.39 is 0 Å². The van der Waals surface area contributed by atoms with Gasteiger partial charge >= 0.3 is 0 Å². The van der Waals surface area contributed by atoms with E-state index in [2.05, 4.69) is 28.1 Å². The van der Waals surface area contributed by atoms with E-state index in [4.69, 9.17) is 4.74 Å². The summed E-state index contributed by atoms with van der Waals surface area (Å²) in [5.74, 6) is 0. The molecule has 0 saturated carbocycles. The Labute approximate surface area is 127 Å². The van der Waals surface area contributed by atoms with Crippen LogP contribution in [0.5, 0.6) is 0 Å². The van der Waals surface area contributed by atoms with Crippen LogP contribution >= 0.6 is 15.9 Å². The van der Waals surface area contributed by atoms with Crippen LogP contribution < -0.4 is 0 Å². The summed E-state index contributed by atoms with van der Waals surface area (Å²) in [6.45, 7) is 0.447. The van der Waals surface area contributed by atoms with E-state index in [0.29, 0.717) is 6.47 Å². The zero-order valence-electron chi connectivity index (χ0n) is 11.0. The molecule has 20 heavy (non-hydrogen) atoms. The number of allylic oxidation sites excluding steroid dienone is 1. The Morgan fingerprint density at radius 3 is 2.40 bits per heavy atom. The van der Waals surface area contributed by atoms with E-state index in [0.717, 1.165) is 28.5 Å². The van der Waals surface area contributed by atoms with Crippen molar-refractivity contribution in [2.45, 2.75) is 12.8 Å². The molecule has 0 aromatic heterocycles. The van der Waals surface area contributed by atoms with Crippen LogP contribution in [0, 0.1) is 0 Å². The average Bonchev–Trinajstić information content (AvgIpc) is 2.50. The fourth-order valence-electron chi connectivity index (χ4n) is 1.96. The molecule has 2 aromatic carbocycles. The second-order valence-electron chi connectivity index (χ2n) is 4.37. The van der Waals surface area contributed by atoms with Gasteiger partial charge in [0.25, 0.3) is 6.47 Å². The van der Waals surface area contributed by atoms with Crippen molar-refractivity contribution in [2.24, 2.45) is 0 Å². The van der Waals surface area contributed by atoms with Crippen LogP contribution in [0.1, 0.15) is 17.5 Å². The lowest BCUT2D eigenvalue weighted by Gasteiger charge is -2.07. The SMILES string of the molecule is O=COC=C(CCc1ccc(Br)cc1)c1ccccc1. The summed E-state index contributed by atoms with van der Waals surface area (Å²) in [7, 11) is 0. The molecule has 0 fully saturated rings. The summed E-state index contributed by atoms with van der Waals surface area (Å²) in [6, 6.07) is 18.2. The third-order valence-electron chi connectivity index (χ3n) is 3.01. The lowest BCUT2D eigenvalue weighted by molar-refractivity contribution is -0.123. The van der Waals surface area contributed by atoms with Crippen molar-refractivity contribution >= 4 is 28.0 Å². The third kappa shape index (κ3) is 4.35. The molecular weight excluding hydrogens is 316 g/mol. The predicted molar refractivity (Wildman–Crippen MR) is 84.0 cm³/mol. The zero-order valence-corrected chi connectivity index (χ0v) is 12.5. The topological polar surface area (TPSA) is 26.3 Å². The van der Waals surface area contributed by atoms with Gasteiger partial charge in [0.1, 0.15) is 0 Å². The summed E-state index contributed by atoms with van der Waals surface area (Å²) in [5, 5.41) is 0. The van der Waals surface area contributed by atoms with Crippen molar-refractivity contribution in [1.29, 1.82) is 0 Å². The fraction of sp³-hybridized carbons (Fsp3) is 0.118. The van der Waals surface area contributed by atoms with Crippen LogP contribution in [-0.2, 0) is 16.0 Å². The average molecular weight is 331 g/mol. The maximum Gasteiger partial charge on any atom is 0.297 e. The second kappa shape index (κ2) is 7.65. The summed E-state index contributed by atoms with van der Waals surface area (Å²) in [5.41, 5.74) is 3.34. The van der Waals surface area contributed by atoms with Crippen molar-refractivity contribution in [3.63, 3.8) is 0 Å². The highest BCUT2D eigenvalue weighted by molar-refractivity contribution is 9.10. The third-order valence-corrected chi connectivity index (χ3v) is 3.54. The molecule has 2 nitrogen and oxygen atoms in total. The Bertz CT molecular complexity index is 574. The van der Waals surface area contributed by atoms with E-state index in [-0.39, 0.29) is 0 Å². The Kier molecular flexibility index (Phi) is 5.56. The maximum atomic E-state index is 10.4. The largest absolute Gasteiger partial charge is 0.436 e. The molecule has 0 amide bonds. The molecule has 0 aliphatic heterocycles. The van der Waals surface area contributed by atoms with Crippen molar-refractivity contribution in [3.8, 4) is 0 Å². The van der Waals surface area contributed by atoms with Crippen LogP contribution in [0.15, 0.2) is 65.3 Å². The lowest BCUT2D eigenvalue weighted by Crippen LogP contribution is -1.91. The van der Waals surface area contributed by atoms with Gasteiger partial charge in [0.2, 0.25) is 0 Å². The number of halogens is 1. The molecule has 2 rings (SSSR count). The maximum absolute atomic E-state index is 10.4. The Morgan fingerprint density at radius 1 is 1.05 bits per heavy atom. The molecular formula is C17H15BrO2. The van der Waals surface area contributed by atoms with Crippen molar-refractivity contribution in [2.75, 3.05) is 0 Å². The molecule has 2 aromatic rings. The smallest absolute Gasteiger partial charge is 0.297 e. The summed E-state index contributed by atoms with van der Waals surface area (Å²) in [4.78, 5) is 10.4. The standard InChI is InChI=1S/C17H15BrO2/c18-17-10-7-14(8-11-17)6-9-16(12-20-13-19)15-4-2-1-3-5-15/h1-5,7-8,10-13H,6,9H2. The van der Waals surface area contributed by atoms with Crippen LogP contribution in [-0.4, -0.2) is 6.47 Å². The molecule has 0 aliphatic carbocycles. The predicted octanol–water partition coefficient (Wildman–Crippen LogP) is 4.60. The first-order valence-electron chi connectivity index (χ1n) is 6.37. The lowest BCUT2D eigenvalue weighted by atomic mass is 9.99. The minimum absolute atomic E-state index is 0.447. The molecule has 3 heteroatoms. The van der Waals surface area contributed by atoms with Gasteiger partial charge in [0.15, 0.2) is 0 Å². The van der Waals surface area contributed by atoms with Gasteiger partial charge in [-0.25, -0.2) is 0 Å². The molecule has 0 aliphatic rings. The molecule has 0 N–H and O–H groups in total. The number of rotatable bonds is 6. The molecule has 0 bridgehead atoms. The van der Waals surface area contributed by atoms with Crippen LogP contribution in [0.2, 0.25) is 0 Å². The number of benzene rings is 2. The van der Waals surface area contributed by atoms with Gasteiger partial charge in [-0.15, -0.1) is 0 Å². The number of carbonyl (C=O) groups excluding carboxylic acids is 1. The van der Waals surface area contributed by atoms with Gasteiger partial charge < -0.3 is 4.74 Å². The van der Waals surface area contributed by atoms with Crippen LogP contribution in [0.25, 0.3) is 5.57 Å². The first-order valence-corrected chi connectivity index (χ1v) is 7.17. The summed E-state index contributed by atoms with van der Waals surface area (Å²) >= 11 is 3.43. The number of hydrogen-bond donors (Lipinski definition) is 0. The Hall–Kier alpha value is -1.87. The first kappa shape index (κ1) is 14.5. The van der Waals surface area contributed by atoms with Crippen molar-refractivity contribution in [1.82, 2.24) is 0 Å². The zero-order chi connectivity index (χ0) is 14.2. The molecule has 0 atom stereocenters. The molecule has 0 radical (unpaired) electrons. The van der Waals surface area contributed by atoms with Crippen molar-refractivity contribution < 1.29 is 9.53 Å². The second-order valence-corrected chi connectivity index (χ2v) is 5.28. The quantitative estimate of drug-likeness (QED) is 0.571. The van der Waals surface area contributed by atoms with Crippen LogP contribution in [0.4, 0.5) is 0 Å². The Balaban J connectivity index is 2.09. The normalized spacial score (nSPS) is 11.2. The van der Waals surface area contributed by atoms with E-state index >= 15 is 0 Å².